The predicted molar refractivity (Wildman–Crippen MR) is 116 cm³/mol. The molecular weight excluding hydrogens is 405 g/mol. The largest absolute Gasteiger partial charge is 0.478 e. The lowest BCUT2D eigenvalue weighted by Gasteiger charge is -2.35. The van der Waals surface area contributed by atoms with Crippen molar-refractivity contribution < 1.29 is 14.3 Å². The summed E-state index contributed by atoms with van der Waals surface area (Å²) in [5.74, 6) is -1.33. The molecule has 2 N–H and O–H groups in total. The first kappa shape index (κ1) is 20.3. The molecule has 0 fully saturated rings. The Balaban J connectivity index is 1.61. The van der Waals surface area contributed by atoms with E-state index in [0.717, 1.165) is 29.7 Å². The van der Waals surface area contributed by atoms with E-state index < -0.39 is 5.97 Å². The number of rotatable bonds is 5. The van der Waals surface area contributed by atoms with Gasteiger partial charge in [-0.1, -0.05) is 29.8 Å². The van der Waals surface area contributed by atoms with Crippen LogP contribution in [-0.4, -0.2) is 41.1 Å². The highest BCUT2D eigenvalue weighted by molar-refractivity contribution is 6.30. The first-order chi connectivity index (χ1) is 14.4. The highest BCUT2D eigenvalue weighted by Gasteiger charge is 2.25. The number of benzene rings is 2. The molecule has 0 unspecified atom stereocenters. The number of carbonyl (C=O) groups is 1. The van der Waals surface area contributed by atoms with E-state index >= 15 is 0 Å². The van der Waals surface area contributed by atoms with E-state index in [1.807, 2.05) is 25.2 Å². The number of anilines is 1. The second-order valence-corrected chi connectivity index (χ2v) is 7.83. The Morgan fingerprint density at radius 3 is 2.90 bits per heavy atom. The Morgan fingerprint density at radius 2 is 2.13 bits per heavy atom. The number of carboxylic acids is 1. The zero-order valence-electron chi connectivity index (χ0n) is 16.4. The number of nitrogens with zero attached hydrogens (tertiary/aromatic N) is 2. The van der Waals surface area contributed by atoms with Crippen molar-refractivity contribution >= 4 is 23.3 Å². The normalized spacial score (nSPS) is 16.2. The number of halogens is 2. The lowest BCUT2D eigenvalue weighted by molar-refractivity contribution is 0.0697. The smallest absolute Gasteiger partial charge is 0.337 e. The van der Waals surface area contributed by atoms with Crippen molar-refractivity contribution in [3.05, 3.63) is 82.4 Å². The van der Waals surface area contributed by atoms with E-state index in [0.29, 0.717) is 22.8 Å². The number of pyridine rings is 1. The molecular formula is C23H21ClFN3O2. The lowest BCUT2D eigenvalue weighted by atomic mass is 9.89. The highest BCUT2D eigenvalue weighted by atomic mass is 35.5. The van der Waals surface area contributed by atoms with E-state index in [2.05, 4.69) is 15.2 Å². The van der Waals surface area contributed by atoms with Gasteiger partial charge in [-0.3, -0.25) is 9.88 Å². The van der Waals surface area contributed by atoms with Crippen LogP contribution in [-0.2, 0) is 6.42 Å². The lowest BCUT2D eigenvalue weighted by Crippen LogP contribution is -2.36. The summed E-state index contributed by atoms with van der Waals surface area (Å²) in [4.78, 5) is 17.7. The van der Waals surface area contributed by atoms with Crippen molar-refractivity contribution in [3.63, 3.8) is 0 Å². The van der Waals surface area contributed by atoms with Crippen molar-refractivity contribution in [2.24, 2.45) is 0 Å². The molecule has 0 saturated heterocycles. The van der Waals surface area contributed by atoms with Gasteiger partial charge in [-0.15, -0.1) is 0 Å². The number of aromatic nitrogens is 1. The molecule has 7 heteroatoms. The number of aromatic carboxylic acids is 1. The summed E-state index contributed by atoms with van der Waals surface area (Å²) < 4.78 is 14.4. The van der Waals surface area contributed by atoms with Crippen LogP contribution in [0.25, 0.3) is 11.1 Å². The molecule has 0 aliphatic carbocycles. The van der Waals surface area contributed by atoms with Gasteiger partial charge in [-0.05, 0) is 54.4 Å². The van der Waals surface area contributed by atoms with Gasteiger partial charge in [0.05, 0.1) is 23.5 Å². The summed E-state index contributed by atoms with van der Waals surface area (Å²) in [6.07, 6.45) is 3.85. The first-order valence-corrected chi connectivity index (χ1v) is 10.0. The number of hydrogen-bond acceptors (Lipinski definition) is 4. The SMILES string of the molecule is CN1CCc2cc(-c3ccc(Cl)cc3F)ccc2[C@@H]1CNc1cnccc1C(=O)O. The molecule has 30 heavy (non-hydrogen) atoms. The summed E-state index contributed by atoms with van der Waals surface area (Å²) in [5, 5.41) is 13.0. The van der Waals surface area contributed by atoms with Gasteiger partial charge in [0.25, 0.3) is 0 Å². The fourth-order valence-corrected chi connectivity index (χ4v) is 4.08. The Labute approximate surface area is 179 Å². The molecule has 154 valence electrons. The highest BCUT2D eigenvalue weighted by Crippen LogP contribution is 2.34. The zero-order valence-corrected chi connectivity index (χ0v) is 17.2. The maximum Gasteiger partial charge on any atom is 0.337 e. The molecule has 0 bridgehead atoms. The van der Waals surface area contributed by atoms with Crippen LogP contribution in [0.5, 0.6) is 0 Å². The third kappa shape index (κ3) is 4.01. The van der Waals surface area contributed by atoms with Crippen LogP contribution in [0.3, 0.4) is 0 Å². The van der Waals surface area contributed by atoms with Gasteiger partial charge in [0.15, 0.2) is 0 Å². The number of hydrogen-bond donors (Lipinski definition) is 2. The average Bonchev–Trinajstić information content (AvgIpc) is 2.73. The number of fused-ring (bicyclic) bond motifs is 1. The van der Waals surface area contributed by atoms with Gasteiger partial charge in [0, 0.05) is 29.9 Å². The summed E-state index contributed by atoms with van der Waals surface area (Å²) in [7, 11) is 2.05. The maximum absolute atomic E-state index is 14.4. The Morgan fingerprint density at radius 1 is 1.30 bits per heavy atom. The van der Waals surface area contributed by atoms with E-state index in [1.165, 1.54) is 24.5 Å². The zero-order chi connectivity index (χ0) is 21.3. The third-order valence-electron chi connectivity index (χ3n) is 5.55. The van der Waals surface area contributed by atoms with E-state index in [-0.39, 0.29) is 17.4 Å². The quantitative estimate of drug-likeness (QED) is 0.609. The van der Waals surface area contributed by atoms with Crippen LogP contribution in [0.2, 0.25) is 5.02 Å². The van der Waals surface area contributed by atoms with Crippen molar-refractivity contribution in [1.29, 1.82) is 0 Å². The van der Waals surface area contributed by atoms with Gasteiger partial charge >= 0.3 is 5.97 Å². The molecule has 0 amide bonds. The van der Waals surface area contributed by atoms with Gasteiger partial charge in [0.2, 0.25) is 0 Å². The molecule has 0 spiro atoms. The molecule has 3 aromatic rings. The van der Waals surface area contributed by atoms with Crippen LogP contribution in [0.1, 0.15) is 27.5 Å². The predicted octanol–water partition coefficient (Wildman–Crippen LogP) is 4.88. The molecule has 4 rings (SSSR count). The first-order valence-electron chi connectivity index (χ1n) is 9.63. The summed E-state index contributed by atoms with van der Waals surface area (Å²) in [6.45, 7) is 1.38. The molecule has 1 atom stereocenters. The number of carboxylic acid groups (broad SMARTS) is 1. The van der Waals surface area contributed by atoms with Crippen LogP contribution in [0, 0.1) is 5.82 Å². The second kappa shape index (κ2) is 8.42. The van der Waals surface area contributed by atoms with Crippen LogP contribution >= 0.6 is 11.6 Å². The Bertz CT molecular complexity index is 1110. The standard InChI is InChI=1S/C23H21ClFN3O2/c1-28-9-7-15-10-14(17-5-3-16(24)11-20(17)25)2-4-18(15)22(28)13-27-21-12-26-8-6-19(21)23(29)30/h2-6,8,10-12,22,27H,7,9,13H2,1H3,(H,29,30)/t22-/m0/s1. The van der Waals surface area contributed by atoms with Crippen molar-refractivity contribution in [2.45, 2.75) is 12.5 Å². The fourth-order valence-electron chi connectivity index (χ4n) is 3.92. The van der Waals surface area contributed by atoms with Gasteiger partial charge in [-0.2, -0.15) is 0 Å². The van der Waals surface area contributed by atoms with Gasteiger partial charge in [0.1, 0.15) is 5.82 Å². The molecule has 1 aliphatic heterocycles. The molecule has 2 heterocycles. The monoisotopic (exact) mass is 425 g/mol. The van der Waals surface area contributed by atoms with Crippen LogP contribution in [0.4, 0.5) is 10.1 Å². The Kier molecular flexibility index (Phi) is 5.70. The molecule has 2 aromatic carbocycles. The van der Waals surface area contributed by atoms with Gasteiger partial charge in [-0.25, -0.2) is 9.18 Å². The molecule has 5 nitrogen and oxygen atoms in total. The fraction of sp³-hybridized carbons (Fsp3) is 0.217. The van der Waals surface area contributed by atoms with E-state index in [4.69, 9.17) is 11.6 Å². The molecule has 1 aliphatic rings. The summed E-state index contributed by atoms with van der Waals surface area (Å²) in [6, 6.07) is 12.2. The summed E-state index contributed by atoms with van der Waals surface area (Å²) in [5.41, 5.74) is 4.34. The molecule has 0 radical (unpaired) electrons. The second-order valence-electron chi connectivity index (χ2n) is 7.39. The minimum Gasteiger partial charge on any atom is -0.478 e. The van der Waals surface area contributed by atoms with Crippen LogP contribution < -0.4 is 5.32 Å². The van der Waals surface area contributed by atoms with Crippen LogP contribution in [0.15, 0.2) is 54.9 Å². The molecule has 0 saturated carbocycles. The number of nitrogens with one attached hydrogen (secondary N) is 1. The topological polar surface area (TPSA) is 65.5 Å². The van der Waals surface area contributed by atoms with E-state index in [1.54, 1.807) is 12.1 Å². The molecule has 1 aromatic heterocycles. The van der Waals surface area contributed by atoms with Crippen molar-refractivity contribution in [3.8, 4) is 11.1 Å². The minimum absolute atomic E-state index is 0.0553. The van der Waals surface area contributed by atoms with Crippen molar-refractivity contribution in [1.82, 2.24) is 9.88 Å². The average molecular weight is 426 g/mol. The van der Waals surface area contributed by atoms with Crippen molar-refractivity contribution in [2.75, 3.05) is 25.5 Å². The summed E-state index contributed by atoms with van der Waals surface area (Å²) >= 11 is 5.88. The Hall–Kier alpha value is -2.96. The third-order valence-corrected chi connectivity index (χ3v) is 5.78. The minimum atomic E-state index is -0.994. The number of likely N-dealkylation sites (N-methyl/N-ethyl adjacent to an activating group) is 1. The maximum atomic E-state index is 14.4. The van der Waals surface area contributed by atoms with E-state index in [9.17, 15) is 14.3 Å². The van der Waals surface area contributed by atoms with Gasteiger partial charge < -0.3 is 10.4 Å².